The van der Waals surface area contributed by atoms with Crippen molar-refractivity contribution in [3.8, 4) is 0 Å². The zero-order chi connectivity index (χ0) is 25.1. The summed E-state index contributed by atoms with van der Waals surface area (Å²) in [6.07, 6.45) is 3.01. The number of hydrogen-bond acceptors (Lipinski definition) is 1. The maximum Gasteiger partial charge on any atom is 0.237 e. The standard InChI is InChI=1S/C31H38ClN2O/c1-30(25-15-17-28(32)18-16-25)19-22-34(4,23-20-30)24-21-31(29(35)33(2)3,26-11-7-5-8-12-26)27-13-9-6-10-14-27/h5-18H,19-24H2,1-4H3/q+1. The van der Waals surface area contributed by atoms with E-state index in [2.05, 4.69) is 50.4 Å². The molecular weight excluding hydrogens is 452 g/mol. The highest BCUT2D eigenvalue weighted by Crippen LogP contribution is 2.41. The summed E-state index contributed by atoms with van der Waals surface area (Å²) >= 11 is 6.14. The molecule has 35 heavy (non-hydrogen) atoms. The van der Waals surface area contributed by atoms with E-state index in [4.69, 9.17) is 11.6 Å². The van der Waals surface area contributed by atoms with Crippen LogP contribution in [-0.2, 0) is 15.6 Å². The van der Waals surface area contributed by atoms with E-state index in [1.807, 2.05) is 62.6 Å². The van der Waals surface area contributed by atoms with E-state index in [9.17, 15) is 4.79 Å². The fourth-order valence-corrected chi connectivity index (χ4v) is 5.83. The van der Waals surface area contributed by atoms with Crippen molar-refractivity contribution in [1.29, 1.82) is 0 Å². The van der Waals surface area contributed by atoms with E-state index < -0.39 is 5.41 Å². The van der Waals surface area contributed by atoms with Gasteiger partial charge in [-0.1, -0.05) is 91.3 Å². The minimum atomic E-state index is -0.704. The van der Waals surface area contributed by atoms with Crippen molar-refractivity contribution in [2.75, 3.05) is 40.8 Å². The van der Waals surface area contributed by atoms with Crippen molar-refractivity contribution in [2.24, 2.45) is 0 Å². The zero-order valence-corrected chi connectivity index (χ0v) is 22.3. The molecule has 1 aliphatic rings. The van der Waals surface area contributed by atoms with Gasteiger partial charge in [-0.05, 0) is 28.8 Å². The molecule has 1 heterocycles. The first-order chi connectivity index (χ1) is 16.7. The number of nitrogens with zero attached hydrogens (tertiary/aromatic N) is 2. The van der Waals surface area contributed by atoms with Crippen LogP contribution in [0.5, 0.6) is 0 Å². The third-order valence-corrected chi connectivity index (χ3v) is 8.53. The first-order valence-corrected chi connectivity index (χ1v) is 13.0. The van der Waals surface area contributed by atoms with Crippen molar-refractivity contribution in [3.63, 3.8) is 0 Å². The van der Waals surface area contributed by atoms with Crippen molar-refractivity contribution in [1.82, 2.24) is 4.90 Å². The number of likely N-dealkylation sites (tertiary alicyclic amines) is 1. The molecule has 0 saturated carbocycles. The van der Waals surface area contributed by atoms with Gasteiger partial charge in [0, 0.05) is 43.8 Å². The second-order valence-electron chi connectivity index (χ2n) is 10.9. The predicted octanol–water partition coefficient (Wildman–Crippen LogP) is 6.30. The van der Waals surface area contributed by atoms with Gasteiger partial charge in [0.05, 0.1) is 26.7 Å². The van der Waals surface area contributed by atoms with Crippen LogP contribution < -0.4 is 0 Å². The molecule has 0 unspecified atom stereocenters. The van der Waals surface area contributed by atoms with Crippen molar-refractivity contribution < 1.29 is 9.28 Å². The van der Waals surface area contributed by atoms with Crippen LogP contribution in [0.4, 0.5) is 0 Å². The highest BCUT2D eigenvalue weighted by atomic mass is 35.5. The van der Waals surface area contributed by atoms with E-state index >= 15 is 0 Å². The molecule has 1 fully saturated rings. The number of likely N-dealkylation sites (N-methyl/N-ethyl adjacent to an activating group) is 1. The summed E-state index contributed by atoms with van der Waals surface area (Å²) in [6.45, 7) is 5.51. The molecular formula is C31H38ClN2O+. The predicted molar refractivity (Wildman–Crippen MR) is 146 cm³/mol. The molecule has 1 amide bonds. The summed E-state index contributed by atoms with van der Waals surface area (Å²) in [7, 11) is 6.11. The Kier molecular flexibility index (Phi) is 7.40. The molecule has 184 valence electrons. The summed E-state index contributed by atoms with van der Waals surface area (Å²) in [5.74, 6) is 0.143. The highest BCUT2D eigenvalue weighted by Gasteiger charge is 2.46. The molecule has 0 atom stereocenters. The minimum absolute atomic E-state index is 0.143. The van der Waals surface area contributed by atoms with Crippen LogP contribution in [0.25, 0.3) is 0 Å². The smallest absolute Gasteiger partial charge is 0.237 e. The fraction of sp³-hybridized carbons (Fsp3) is 0.387. The molecule has 3 aromatic rings. The summed E-state index contributed by atoms with van der Waals surface area (Å²) in [5.41, 5.74) is 2.97. The molecule has 0 radical (unpaired) electrons. The van der Waals surface area contributed by atoms with Gasteiger partial charge in [0.15, 0.2) is 0 Å². The summed E-state index contributed by atoms with van der Waals surface area (Å²) in [5, 5.41) is 0.789. The van der Waals surface area contributed by atoms with Gasteiger partial charge in [0.1, 0.15) is 5.41 Å². The molecule has 3 nitrogen and oxygen atoms in total. The molecule has 1 aliphatic heterocycles. The Labute approximate surface area is 215 Å². The fourth-order valence-electron chi connectivity index (χ4n) is 5.71. The van der Waals surface area contributed by atoms with E-state index in [0.717, 1.165) is 59.5 Å². The van der Waals surface area contributed by atoms with Crippen LogP contribution in [-0.4, -0.2) is 56.1 Å². The second-order valence-corrected chi connectivity index (χ2v) is 11.4. The van der Waals surface area contributed by atoms with Gasteiger partial charge in [-0.3, -0.25) is 4.79 Å². The number of carbonyl (C=O) groups excluding carboxylic acids is 1. The lowest BCUT2D eigenvalue weighted by Gasteiger charge is -2.47. The first kappa shape index (κ1) is 25.5. The van der Waals surface area contributed by atoms with Crippen LogP contribution in [0.15, 0.2) is 84.9 Å². The third-order valence-electron chi connectivity index (χ3n) is 8.28. The number of halogens is 1. The van der Waals surface area contributed by atoms with Crippen LogP contribution in [0.3, 0.4) is 0 Å². The van der Waals surface area contributed by atoms with E-state index in [-0.39, 0.29) is 11.3 Å². The second kappa shape index (κ2) is 10.2. The minimum Gasteiger partial charge on any atom is -0.348 e. The Hall–Kier alpha value is -2.62. The highest BCUT2D eigenvalue weighted by molar-refractivity contribution is 6.30. The SMILES string of the molecule is CN(C)C(=O)C(CC[N+]1(C)CCC(C)(c2ccc(Cl)cc2)CC1)(c1ccccc1)c1ccccc1. The number of amides is 1. The molecule has 0 aliphatic carbocycles. The Morgan fingerprint density at radius 3 is 1.83 bits per heavy atom. The van der Waals surface area contributed by atoms with Crippen LogP contribution >= 0.6 is 11.6 Å². The lowest BCUT2D eigenvalue weighted by atomic mass is 9.70. The third kappa shape index (κ3) is 5.17. The van der Waals surface area contributed by atoms with Crippen LogP contribution in [0.1, 0.15) is 42.9 Å². The van der Waals surface area contributed by atoms with Crippen molar-refractivity contribution >= 4 is 17.5 Å². The Morgan fingerprint density at radius 1 is 0.886 bits per heavy atom. The van der Waals surface area contributed by atoms with Crippen LogP contribution in [0.2, 0.25) is 5.02 Å². The number of piperidine rings is 1. The van der Waals surface area contributed by atoms with E-state index in [0.29, 0.717) is 0 Å². The lowest BCUT2D eigenvalue weighted by Crippen LogP contribution is -2.56. The summed E-state index contributed by atoms with van der Waals surface area (Å²) in [4.78, 5) is 15.7. The molecule has 0 aromatic heterocycles. The molecule has 3 aromatic carbocycles. The topological polar surface area (TPSA) is 20.3 Å². The maximum atomic E-state index is 14.0. The molecule has 1 saturated heterocycles. The Balaban J connectivity index is 1.62. The molecule has 4 rings (SSSR count). The van der Waals surface area contributed by atoms with Gasteiger partial charge in [-0.2, -0.15) is 0 Å². The van der Waals surface area contributed by atoms with E-state index in [1.54, 1.807) is 4.90 Å². The average Bonchev–Trinajstić information content (AvgIpc) is 2.88. The molecule has 4 heteroatoms. The Morgan fingerprint density at radius 2 is 1.37 bits per heavy atom. The number of hydrogen-bond donors (Lipinski definition) is 0. The van der Waals surface area contributed by atoms with Gasteiger partial charge < -0.3 is 9.38 Å². The van der Waals surface area contributed by atoms with Crippen LogP contribution in [0, 0.1) is 0 Å². The average molecular weight is 490 g/mol. The summed E-state index contributed by atoms with van der Waals surface area (Å²) in [6, 6.07) is 29.1. The monoisotopic (exact) mass is 489 g/mol. The quantitative estimate of drug-likeness (QED) is 0.356. The largest absolute Gasteiger partial charge is 0.348 e. The van der Waals surface area contributed by atoms with Gasteiger partial charge >= 0.3 is 0 Å². The van der Waals surface area contributed by atoms with Crippen molar-refractivity contribution in [2.45, 2.75) is 37.0 Å². The number of quaternary nitrogens is 1. The van der Waals surface area contributed by atoms with Gasteiger partial charge in [0.2, 0.25) is 5.91 Å². The summed E-state index contributed by atoms with van der Waals surface area (Å²) < 4.78 is 0.977. The maximum absolute atomic E-state index is 14.0. The Bertz CT molecular complexity index is 1080. The number of rotatable bonds is 7. The van der Waals surface area contributed by atoms with E-state index in [1.165, 1.54) is 5.56 Å². The lowest BCUT2D eigenvalue weighted by molar-refractivity contribution is -0.916. The first-order valence-electron chi connectivity index (χ1n) is 12.6. The number of benzene rings is 3. The normalized spacial score (nSPS) is 22.5. The number of carbonyl (C=O) groups is 1. The molecule has 0 N–H and O–H groups in total. The molecule has 0 bridgehead atoms. The van der Waals surface area contributed by atoms with Gasteiger partial charge in [-0.15, -0.1) is 0 Å². The van der Waals surface area contributed by atoms with Crippen molar-refractivity contribution in [3.05, 3.63) is 107 Å². The van der Waals surface area contributed by atoms with Gasteiger partial charge in [0.25, 0.3) is 0 Å². The molecule has 0 spiro atoms. The zero-order valence-electron chi connectivity index (χ0n) is 21.5. The van der Waals surface area contributed by atoms with Gasteiger partial charge in [-0.25, -0.2) is 0 Å².